The van der Waals surface area contributed by atoms with Crippen molar-refractivity contribution in [3.63, 3.8) is 0 Å². The van der Waals surface area contributed by atoms with E-state index in [1.807, 2.05) is 0 Å². The number of halogens is 1. The molecule has 0 unspecified atom stereocenters. The van der Waals surface area contributed by atoms with Crippen LogP contribution < -0.4 is 19.7 Å². The van der Waals surface area contributed by atoms with Crippen LogP contribution >= 0.6 is 0 Å². The highest BCUT2D eigenvalue weighted by Crippen LogP contribution is 2.54. The Hall–Kier alpha value is -4.24. The molecule has 0 radical (unpaired) electrons. The average Bonchev–Trinajstić information content (AvgIpc) is 3.42. The van der Waals surface area contributed by atoms with Crippen LogP contribution in [0.1, 0.15) is 17.2 Å². The number of imide groups is 1. The molecule has 0 saturated carbocycles. The lowest BCUT2D eigenvalue weighted by molar-refractivity contribution is -0.152. The fraction of sp³-hybridized carbons (Fsp3) is 0.250. The van der Waals surface area contributed by atoms with Crippen molar-refractivity contribution in [1.29, 1.82) is 0 Å². The van der Waals surface area contributed by atoms with E-state index < -0.39 is 47.0 Å². The Kier molecular flexibility index (Phi) is 5.45. The van der Waals surface area contributed by atoms with Gasteiger partial charge < -0.3 is 14.2 Å². The van der Waals surface area contributed by atoms with Crippen molar-refractivity contribution < 1.29 is 33.0 Å². The molecule has 9 heteroatoms. The second-order valence-electron chi connectivity index (χ2n) is 9.15. The summed E-state index contributed by atoms with van der Waals surface area (Å²) in [5, 5.41) is 3.19. The Morgan fingerprint density at radius 3 is 2.41 bits per heavy atom. The predicted molar refractivity (Wildman–Crippen MR) is 129 cm³/mol. The zero-order valence-corrected chi connectivity index (χ0v) is 19.8. The van der Waals surface area contributed by atoms with Gasteiger partial charge in [0.25, 0.3) is 0 Å². The smallest absolute Gasteiger partial charge is 0.331 e. The lowest BCUT2D eigenvalue weighted by Crippen LogP contribution is -2.53. The number of hydrogen-bond donors (Lipinski definition) is 1. The number of nitrogens with one attached hydrogen (secondary N) is 1. The number of fused-ring (bicyclic) bond motifs is 2. The van der Waals surface area contributed by atoms with E-state index in [1.165, 1.54) is 13.2 Å². The van der Waals surface area contributed by atoms with Crippen LogP contribution in [0.25, 0.3) is 0 Å². The summed E-state index contributed by atoms with van der Waals surface area (Å²) in [4.78, 5) is 42.7. The van der Waals surface area contributed by atoms with E-state index in [1.54, 1.807) is 66.7 Å². The zero-order valence-electron chi connectivity index (χ0n) is 19.8. The van der Waals surface area contributed by atoms with Gasteiger partial charge in [0.05, 0.1) is 24.6 Å². The van der Waals surface area contributed by atoms with Gasteiger partial charge >= 0.3 is 5.97 Å². The van der Waals surface area contributed by atoms with E-state index >= 15 is 4.39 Å². The second-order valence-corrected chi connectivity index (χ2v) is 9.15. The van der Waals surface area contributed by atoms with Gasteiger partial charge in [-0.1, -0.05) is 48.5 Å². The van der Waals surface area contributed by atoms with Crippen LogP contribution in [0.15, 0.2) is 72.8 Å². The molecular formula is C28H23FN2O6. The van der Waals surface area contributed by atoms with Gasteiger partial charge in [-0.3, -0.25) is 14.9 Å². The molecule has 2 amide bonds. The number of esters is 1. The molecule has 0 spiro atoms. The third-order valence-electron chi connectivity index (χ3n) is 7.32. The van der Waals surface area contributed by atoms with E-state index in [4.69, 9.17) is 14.2 Å². The van der Waals surface area contributed by atoms with Gasteiger partial charge in [-0.25, -0.2) is 14.1 Å². The normalized spacial score (nSPS) is 26.2. The lowest BCUT2D eigenvalue weighted by Gasteiger charge is -2.33. The largest absolute Gasteiger partial charge is 0.486 e. The quantitative estimate of drug-likeness (QED) is 0.433. The minimum atomic E-state index is -1.72. The summed E-state index contributed by atoms with van der Waals surface area (Å²) in [5.41, 5.74) is -0.804. The van der Waals surface area contributed by atoms with Crippen LogP contribution in [-0.4, -0.2) is 38.1 Å². The molecule has 6 rings (SSSR count). The fourth-order valence-electron chi connectivity index (χ4n) is 5.76. The van der Waals surface area contributed by atoms with Gasteiger partial charge in [-0.05, 0) is 23.8 Å². The third-order valence-corrected chi connectivity index (χ3v) is 7.32. The molecule has 1 N–H and O–H groups in total. The van der Waals surface area contributed by atoms with Gasteiger partial charge in [-0.2, -0.15) is 0 Å². The Labute approximate surface area is 211 Å². The zero-order chi connectivity index (χ0) is 25.7. The number of anilines is 1. The molecule has 8 nitrogen and oxygen atoms in total. The summed E-state index contributed by atoms with van der Waals surface area (Å²) < 4.78 is 31.5. The summed E-state index contributed by atoms with van der Waals surface area (Å²) in [7, 11) is 1.22. The van der Waals surface area contributed by atoms with Gasteiger partial charge in [0, 0.05) is 17.7 Å². The van der Waals surface area contributed by atoms with Crippen LogP contribution in [0.5, 0.6) is 11.5 Å². The van der Waals surface area contributed by atoms with Crippen LogP contribution in [0, 0.1) is 17.7 Å². The Morgan fingerprint density at radius 1 is 0.973 bits per heavy atom. The minimum absolute atomic E-state index is 0.185. The Morgan fingerprint density at radius 2 is 1.68 bits per heavy atom. The highest BCUT2D eigenvalue weighted by atomic mass is 19.1. The maximum atomic E-state index is 15.1. The number of rotatable bonds is 4. The molecule has 3 aliphatic heterocycles. The molecule has 0 bridgehead atoms. The van der Waals surface area contributed by atoms with Crippen molar-refractivity contribution in [2.45, 2.75) is 11.6 Å². The molecule has 3 heterocycles. The molecule has 3 aromatic rings. The summed E-state index contributed by atoms with van der Waals surface area (Å²) >= 11 is 0. The van der Waals surface area contributed by atoms with E-state index in [0.29, 0.717) is 30.3 Å². The monoisotopic (exact) mass is 502 g/mol. The molecule has 2 saturated heterocycles. The van der Waals surface area contributed by atoms with Gasteiger partial charge in [0.1, 0.15) is 19.0 Å². The first kappa shape index (κ1) is 23.2. The molecular weight excluding hydrogens is 479 g/mol. The topological polar surface area (TPSA) is 94.2 Å². The maximum absolute atomic E-state index is 15.1. The Balaban J connectivity index is 1.54. The molecule has 188 valence electrons. The maximum Gasteiger partial charge on any atom is 0.331 e. The van der Waals surface area contributed by atoms with Crippen molar-refractivity contribution in [1.82, 2.24) is 5.32 Å². The Bertz CT molecular complexity index is 1410. The number of benzene rings is 3. The number of ether oxygens (including phenoxy) is 3. The first-order valence-corrected chi connectivity index (χ1v) is 11.9. The van der Waals surface area contributed by atoms with Crippen LogP contribution in [-0.2, 0) is 24.7 Å². The second kappa shape index (κ2) is 8.70. The SMILES string of the molecule is COC(=O)[C@]1(c2ccccc2)N[C@H](c2ccccc2F)[C@@H]2C(=O)N(c3ccc4c(c3)OCCO4)C(=O)[C@H]21. The highest BCUT2D eigenvalue weighted by Gasteiger charge is 2.70. The number of methoxy groups -OCH3 is 1. The van der Waals surface area contributed by atoms with Gasteiger partial charge in [0.15, 0.2) is 17.0 Å². The van der Waals surface area contributed by atoms with E-state index in [2.05, 4.69) is 5.32 Å². The first-order valence-electron chi connectivity index (χ1n) is 11.9. The molecule has 3 aliphatic rings. The number of carbonyl (C=O) groups is 3. The number of nitrogens with zero attached hydrogens (tertiary/aromatic N) is 1. The summed E-state index contributed by atoms with van der Waals surface area (Å²) in [6.07, 6.45) is 0. The van der Waals surface area contributed by atoms with Crippen molar-refractivity contribution >= 4 is 23.5 Å². The van der Waals surface area contributed by atoms with Crippen LogP contribution in [0.4, 0.5) is 10.1 Å². The summed E-state index contributed by atoms with van der Waals surface area (Å²) in [6, 6.07) is 18.5. The van der Waals surface area contributed by atoms with Crippen molar-refractivity contribution in [2.75, 3.05) is 25.2 Å². The average molecular weight is 502 g/mol. The third kappa shape index (κ3) is 3.34. The molecule has 4 atom stereocenters. The molecule has 0 aromatic heterocycles. The highest BCUT2D eigenvalue weighted by molar-refractivity contribution is 6.24. The van der Waals surface area contributed by atoms with E-state index in [0.717, 1.165) is 4.90 Å². The minimum Gasteiger partial charge on any atom is -0.486 e. The molecule has 37 heavy (non-hydrogen) atoms. The fourth-order valence-corrected chi connectivity index (χ4v) is 5.76. The van der Waals surface area contributed by atoms with Crippen LogP contribution in [0.2, 0.25) is 0 Å². The van der Waals surface area contributed by atoms with E-state index in [-0.39, 0.29) is 11.3 Å². The summed E-state index contributed by atoms with van der Waals surface area (Å²) in [5.74, 6) is -3.77. The predicted octanol–water partition coefficient (Wildman–Crippen LogP) is 3.12. The molecule has 2 fully saturated rings. The number of hydrogen-bond acceptors (Lipinski definition) is 7. The van der Waals surface area contributed by atoms with Crippen LogP contribution in [0.3, 0.4) is 0 Å². The lowest BCUT2D eigenvalue weighted by atomic mass is 9.75. The first-order chi connectivity index (χ1) is 18.0. The summed E-state index contributed by atoms with van der Waals surface area (Å²) in [6.45, 7) is 0.731. The molecule has 0 aliphatic carbocycles. The van der Waals surface area contributed by atoms with E-state index in [9.17, 15) is 14.4 Å². The van der Waals surface area contributed by atoms with Gasteiger partial charge in [0.2, 0.25) is 11.8 Å². The van der Waals surface area contributed by atoms with Crippen molar-refractivity contribution in [2.24, 2.45) is 11.8 Å². The standard InChI is InChI=1S/C28H23FN2O6/c1-35-27(34)28(16-7-3-2-4-8-16)23-22(24(30-28)18-9-5-6-10-19(18)29)25(32)31(26(23)33)17-11-12-20-21(15-17)37-14-13-36-20/h2-12,15,22-24,30H,13-14H2,1H3/t22-,23+,24-,28-/m1/s1. The van der Waals surface area contributed by atoms with Crippen molar-refractivity contribution in [3.05, 3.63) is 89.7 Å². The number of carbonyl (C=O) groups excluding carboxylic acids is 3. The molecule has 3 aromatic carbocycles. The van der Waals surface area contributed by atoms with Gasteiger partial charge in [-0.15, -0.1) is 0 Å². The number of amides is 2. The van der Waals surface area contributed by atoms with Crippen molar-refractivity contribution in [3.8, 4) is 11.5 Å².